The smallest absolute Gasteiger partial charge is 0.147 e. The number of aliphatic hydroxyl groups excluding tert-OH is 1. The van der Waals surface area contributed by atoms with Crippen molar-refractivity contribution in [2.24, 2.45) is 46.3 Å². The van der Waals surface area contributed by atoms with E-state index in [0.717, 1.165) is 42.9 Å². The molecule has 0 aromatic rings. The quantitative estimate of drug-likeness (QED) is 0.633. The van der Waals surface area contributed by atoms with Crippen molar-refractivity contribution in [3.05, 3.63) is 0 Å². The highest BCUT2D eigenvalue weighted by Gasteiger charge is 2.60. The van der Waals surface area contributed by atoms with Gasteiger partial charge in [-0.3, -0.25) is 4.79 Å². The highest BCUT2D eigenvalue weighted by atomic mass is 79.9. The van der Waals surface area contributed by atoms with Crippen molar-refractivity contribution in [2.45, 2.75) is 78.2 Å². The molecule has 0 aromatic heterocycles. The van der Waals surface area contributed by atoms with Gasteiger partial charge in [-0.1, -0.05) is 36.7 Å². The molecule has 0 aromatic carbocycles. The van der Waals surface area contributed by atoms with Crippen molar-refractivity contribution in [3.8, 4) is 0 Å². The summed E-state index contributed by atoms with van der Waals surface area (Å²) in [6, 6.07) is 0. The van der Waals surface area contributed by atoms with Gasteiger partial charge in [0.1, 0.15) is 5.78 Å². The number of carbonyl (C=O) groups is 1. The number of fused-ring (bicyclic) bond motifs is 5. The predicted octanol–water partition coefficient (Wildman–Crippen LogP) is 5.22. The zero-order valence-corrected chi connectivity index (χ0v) is 17.7. The number of carbonyl (C=O) groups excluding carboxylic acids is 1. The number of hydrogen-bond acceptors (Lipinski definition) is 2. The van der Waals surface area contributed by atoms with Gasteiger partial charge >= 0.3 is 0 Å². The van der Waals surface area contributed by atoms with Gasteiger partial charge in [-0.15, -0.1) is 0 Å². The van der Waals surface area contributed by atoms with Gasteiger partial charge in [0.25, 0.3) is 0 Å². The van der Waals surface area contributed by atoms with Crippen LogP contribution in [0.5, 0.6) is 0 Å². The monoisotopic (exact) mass is 410 g/mol. The molecular formula is C22H35BrO2. The van der Waals surface area contributed by atoms with Crippen LogP contribution in [0.15, 0.2) is 0 Å². The van der Waals surface area contributed by atoms with Crippen LogP contribution in [0.1, 0.15) is 72.1 Å². The fourth-order valence-electron chi connectivity index (χ4n) is 8.11. The molecule has 8 unspecified atom stereocenters. The summed E-state index contributed by atoms with van der Waals surface area (Å²) < 4.78 is 0. The molecule has 25 heavy (non-hydrogen) atoms. The number of hydrogen-bond donors (Lipinski definition) is 1. The first-order valence-corrected chi connectivity index (χ1v) is 11.7. The van der Waals surface area contributed by atoms with E-state index >= 15 is 0 Å². The minimum atomic E-state index is -0.0710. The van der Waals surface area contributed by atoms with Crippen LogP contribution < -0.4 is 0 Å². The van der Waals surface area contributed by atoms with Crippen LogP contribution in [0.2, 0.25) is 0 Å². The van der Waals surface area contributed by atoms with Gasteiger partial charge in [0.15, 0.2) is 0 Å². The van der Waals surface area contributed by atoms with Crippen LogP contribution in [0, 0.1) is 46.3 Å². The first-order chi connectivity index (χ1) is 11.8. The topological polar surface area (TPSA) is 37.3 Å². The summed E-state index contributed by atoms with van der Waals surface area (Å²) in [5.74, 6) is 4.63. The predicted molar refractivity (Wildman–Crippen MR) is 105 cm³/mol. The van der Waals surface area contributed by atoms with Crippen LogP contribution in [0.25, 0.3) is 0 Å². The standard InChI is InChI=1S/C22H35BrO2/c1-21(2)11-16-14(15-5-4-13(24)10-19(15)21)8-9-22(3)17(16)6-7-18(22)20(25)12-23/h13-19,24H,4-12H2,1-3H3. The molecule has 0 spiro atoms. The fourth-order valence-corrected chi connectivity index (χ4v) is 8.50. The van der Waals surface area contributed by atoms with Gasteiger partial charge in [-0.05, 0) is 91.8 Å². The van der Waals surface area contributed by atoms with Crippen molar-refractivity contribution >= 4 is 21.7 Å². The summed E-state index contributed by atoms with van der Waals surface area (Å²) in [5, 5.41) is 10.8. The van der Waals surface area contributed by atoms with Gasteiger partial charge in [0.05, 0.1) is 11.4 Å². The average Bonchev–Trinajstić information content (AvgIpc) is 2.92. The maximum atomic E-state index is 12.6. The van der Waals surface area contributed by atoms with Gasteiger partial charge in [-0.25, -0.2) is 0 Å². The van der Waals surface area contributed by atoms with Crippen molar-refractivity contribution in [1.29, 1.82) is 0 Å². The molecule has 4 aliphatic carbocycles. The lowest BCUT2D eigenvalue weighted by molar-refractivity contribution is -0.138. The van der Waals surface area contributed by atoms with E-state index in [1.807, 2.05) is 0 Å². The molecule has 3 heteroatoms. The first kappa shape index (κ1) is 18.5. The zero-order chi connectivity index (χ0) is 18.0. The molecule has 142 valence electrons. The highest BCUT2D eigenvalue weighted by molar-refractivity contribution is 9.09. The van der Waals surface area contributed by atoms with E-state index in [0.29, 0.717) is 22.4 Å². The maximum absolute atomic E-state index is 12.6. The van der Waals surface area contributed by atoms with Crippen molar-refractivity contribution in [3.63, 3.8) is 0 Å². The Hall–Kier alpha value is 0.110. The van der Waals surface area contributed by atoms with Crippen LogP contribution >= 0.6 is 15.9 Å². The van der Waals surface area contributed by atoms with Crippen LogP contribution in [0.3, 0.4) is 0 Å². The molecular weight excluding hydrogens is 376 g/mol. The number of ketones is 1. The number of Topliss-reactive ketones (excluding diaryl/α,β-unsaturated/α-hetero) is 1. The van der Waals surface area contributed by atoms with Gasteiger partial charge in [0, 0.05) is 5.92 Å². The summed E-state index contributed by atoms with van der Waals surface area (Å²) in [4.78, 5) is 12.6. The third kappa shape index (κ3) is 2.78. The van der Waals surface area contributed by atoms with E-state index in [9.17, 15) is 9.90 Å². The lowest BCUT2D eigenvalue weighted by Crippen LogP contribution is -2.54. The highest BCUT2D eigenvalue weighted by Crippen LogP contribution is 2.67. The second-order valence-corrected chi connectivity index (χ2v) is 11.2. The third-order valence-corrected chi connectivity index (χ3v) is 9.76. The van der Waals surface area contributed by atoms with E-state index in [1.165, 1.54) is 32.1 Å². The van der Waals surface area contributed by atoms with Crippen LogP contribution in [-0.4, -0.2) is 22.3 Å². The van der Waals surface area contributed by atoms with E-state index < -0.39 is 0 Å². The third-order valence-electron chi connectivity index (χ3n) is 9.20. The largest absolute Gasteiger partial charge is 0.393 e. The molecule has 0 saturated heterocycles. The molecule has 0 radical (unpaired) electrons. The second kappa shape index (κ2) is 6.33. The van der Waals surface area contributed by atoms with Crippen LogP contribution in [0.4, 0.5) is 0 Å². The van der Waals surface area contributed by atoms with Crippen molar-refractivity contribution < 1.29 is 9.90 Å². The number of alkyl halides is 1. The summed E-state index contributed by atoms with van der Waals surface area (Å²) >= 11 is 3.43. The molecule has 0 bridgehead atoms. The van der Waals surface area contributed by atoms with Gasteiger partial charge < -0.3 is 5.11 Å². The van der Waals surface area contributed by atoms with Gasteiger partial charge in [0.2, 0.25) is 0 Å². The van der Waals surface area contributed by atoms with E-state index in [4.69, 9.17) is 0 Å². The Morgan fingerprint density at radius 2 is 1.76 bits per heavy atom. The molecule has 0 heterocycles. The molecule has 0 amide bonds. The Morgan fingerprint density at radius 1 is 1.00 bits per heavy atom. The molecule has 4 fully saturated rings. The van der Waals surface area contributed by atoms with E-state index in [2.05, 4.69) is 36.7 Å². The summed E-state index contributed by atoms with van der Waals surface area (Å²) in [6.07, 6.45) is 9.43. The van der Waals surface area contributed by atoms with Crippen LogP contribution in [-0.2, 0) is 4.79 Å². The molecule has 1 N–H and O–H groups in total. The molecule has 4 aliphatic rings. The summed E-state index contributed by atoms with van der Waals surface area (Å²) in [5.41, 5.74) is 0.576. The number of aliphatic hydroxyl groups is 1. The number of rotatable bonds is 2. The molecule has 8 atom stereocenters. The Labute approximate surface area is 161 Å². The Morgan fingerprint density at radius 3 is 2.48 bits per heavy atom. The van der Waals surface area contributed by atoms with Crippen molar-refractivity contribution in [1.82, 2.24) is 0 Å². The van der Waals surface area contributed by atoms with E-state index in [1.54, 1.807) is 0 Å². The minimum absolute atomic E-state index is 0.0710. The maximum Gasteiger partial charge on any atom is 0.147 e. The number of halogens is 1. The second-order valence-electron chi connectivity index (χ2n) is 10.6. The van der Waals surface area contributed by atoms with Crippen molar-refractivity contribution in [2.75, 3.05) is 5.33 Å². The first-order valence-electron chi connectivity index (χ1n) is 10.5. The molecule has 4 rings (SSSR count). The lowest BCUT2D eigenvalue weighted by atomic mass is 9.44. The summed E-state index contributed by atoms with van der Waals surface area (Å²) in [7, 11) is 0. The Bertz CT molecular complexity index is 544. The Kier molecular flexibility index (Phi) is 4.68. The normalized spacial score (nSPS) is 51.3. The molecule has 2 nitrogen and oxygen atoms in total. The zero-order valence-electron chi connectivity index (χ0n) is 16.1. The fraction of sp³-hybridized carbons (Fsp3) is 0.955. The molecule has 0 aliphatic heterocycles. The lowest BCUT2D eigenvalue weighted by Gasteiger charge is -2.60. The SMILES string of the molecule is CC1(C)CC2C(CCC3(C)C(C(=O)CBr)CCC23)C2CCC(O)CC21. The Balaban J connectivity index is 1.63. The molecule has 4 saturated carbocycles. The average molecular weight is 411 g/mol. The minimum Gasteiger partial charge on any atom is -0.393 e. The van der Waals surface area contributed by atoms with E-state index in [-0.39, 0.29) is 17.4 Å². The summed E-state index contributed by atoms with van der Waals surface area (Å²) in [6.45, 7) is 7.36. The van der Waals surface area contributed by atoms with Gasteiger partial charge in [-0.2, -0.15) is 0 Å².